The van der Waals surface area contributed by atoms with Gasteiger partial charge < -0.3 is 4.42 Å². The van der Waals surface area contributed by atoms with Gasteiger partial charge in [-0.1, -0.05) is 18.2 Å². The minimum Gasteiger partial charge on any atom is -0.467 e. The Bertz CT molecular complexity index is 884. The van der Waals surface area contributed by atoms with Gasteiger partial charge in [0.2, 0.25) is 0 Å². The Balaban J connectivity index is 1.64. The highest BCUT2D eigenvalue weighted by Crippen LogP contribution is 2.28. The Morgan fingerprint density at radius 2 is 1.93 bits per heavy atom. The summed E-state index contributed by atoms with van der Waals surface area (Å²) in [6.07, 6.45) is 3.56. The molecule has 4 rings (SSSR count). The van der Waals surface area contributed by atoms with Crippen molar-refractivity contribution in [2.24, 2.45) is 0 Å². The highest BCUT2D eigenvalue weighted by Gasteiger charge is 2.30. The van der Waals surface area contributed by atoms with Crippen LogP contribution in [0.4, 0.5) is 4.39 Å². The first-order valence-electron chi connectivity index (χ1n) is 9.36. The van der Waals surface area contributed by atoms with Crippen molar-refractivity contribution in [1.29, 1.82) is 0 Å². The van der Waals surface area contributed by atoms with Gasteiger partial charge in [0, 0.05) is 32.7 Å². The van der Waals surface area contributed by atoms with E-state index in [-0.39, 0.29) is 11.9 Å². The van der Waals surface area contributed by atoms with Crippen molar-refractivity contribution in [3.8, 4) is 0 Å². The number of rotatable bonds is 7. The fraction of sp³-hybridized carbons (Fsp3) is 0.350. The Kier molecular flexibility index (Phi) is 5.59. The fourth-order valence-electron chi connectivity index (χ4n) is 3.63. The Morgan fingerprint density at radius 3 is 2.61 bits per heavy atom. The van der Waals surface area contributed by atoms with Crippen molar-refractivity contribution in [2.75, 3.05) is 32.7 Å². The smallest absolute Gasteiger partial charge is 0.173 e. The van der Waals surface area contributed by atoms with Gasteiger partial charge in [-0.15, -0.1) is 11.7 Å². The average molecular weight is 382 g/mol. The summed E-state index contributed by atoms with van der Waals surface area (Å²) in [6, 6.07) is 10.2. The molecular formula is C20H23FN6O. The third-order valence-electron chi connectivity index (χ3n) is 5.03. The third-order valence-corrected chi connectivity index (χ3v) is 5.03. The summed E-state index contributed by atoms with van der Waals surface area (Å²) in [4.78, 5) is 4.70. The summed E-state index contributed by atoms with van der Waals surface area (Å²) < 4.78 is 20.7. The molecule has 1 saturated heterocycles. The number of hydrogen-bond acceptors (Lipinski definition) is 6. The maximum atomic E-state index is 13.5. The van der Waals surface area contributed by atoms with E-state index in [0.29, 0.717) is 6.54 Å². The standard InChI is InChI=1S/C20H23FN6O/c1-2-9-25-10-12-26(13-11-25)19(16-5-7-17(21)8-6-16)20-22-23-24-27(20)15-18-4-3-14-28-18/h2-8,14,19H,1,9-13,15H2/t19-/m0/s1. The van der Waals surface area contributed by atoms with Gasteiger partial charge >= 0.3 is 0 Å². The summed E-state index contributed by atoms with van der Waals surface area (Å²) in [5.41, 5.74) is 0.967. The van der Waals surface area contributed by atoms with E-state index in [9.17, 15) is 4.39 Å². The van der Waals surface area contributed by atoms with Crippen molar-refractivity contribution in [2.45, 2.75) is 12.6 Å². The van der Waals surface area contributed by atoms with Gasteiger partial charge in [0.25, 0.3) is 0 Å². The van der Waals surface area contributed by atoms with E-state index in [2.05, 4.69) is 31.9 Å². The predicted molar refractivity (Wildman–Crippen MR) is 102 cm³/mol. The molecule has 0 spiro atoms. The highest BCUT2D eigenvalue weighted by atomic mass is 19.1. The number of nitrogens with zero attached hydrogens (tertiary/aromatic N) is 6. The van der Waals surface area contributed by atoms with Crippen LogP contribution in [0.1, 0.15) is 23.2 Å². The van der Waals surface area contributed by atoms with Gasteiger partial charge in [-0.3, -0.25) is 9.80 Å². The van der Waals surface area contributed by atoms with E-state index in [1.54, 1.807) is 10.9 Å². The van der Waals surface area contributed by atoms with Gasteiger partial charge in [0.1, 0.15) is 18.1 Å². The minimum absolute atomic E-state index is 0.156. The first-order chi connectivity index (χ1) is 13.7. The molecule has 0 aliphatic carbocycles. The molecule has 146 valence electrons. The van der Waals surface area contributed by atoms with Crippen LogP contribution in [-0.4, -0.2) is 62.7 Å². The van der Waals surface area contributed by atoms with Gasteiger partial charge in [-0.25, -0.2) is 9.07 Å². The molecule has 1 aliphatic rings. The Hall–Kier alpha value is -2.84. The molecule has 2 aromatic heterocycles. The zero-order chi connectivity index (χ0) is 19.3. The van der Waals surface area contributed by atoms with Crippen LogP contribution in [0, 0.1) is 5.82 Å². The van der Waals surface area contributed by atoms with E-state index in [0.717, 1.165) is 49.9 Å². The molecule has 1 aromatic carbocycles. The predicted octanol–water partition coefficient (Wildman–Crippen LogP) is 2.35. The topological polar surface area (TPSA) is 63.2 Å². The molecule has 28 heavy (non-hydrogen) atoms. The number of tetrazole rings is 1. The molecule has 7 nitrogen and oxygen atoms in total. The lowest BCUT2D eigenvalue weighted by Crippen LogP contribution is -2.48. The Labute approximate surface area is 163 Å². The summed E-state index contributed by atoms with van der Waals surface area (Å²) in [5.74, 6) is 1.25. The largest absolute Gasteiger partial charge is 0.467 e. The minimum atomic E-state index is -0.256. The van der Waals surface area contributed by atoms with Crippen molar-refractivity contribution in [1.82, 2.24) is 30.0 Å². The van der Waals surface area contributed by atoms with E-state index in [4.69, 9.17) is 4.42 Å². The van der Waals surface area contributed by atoms with Gasteiger partial charge in [-0.2, -0.15) is 0 Å². The molecule has 1 aliphatic heterocycles. The number of hydrogen-bond donors (Lipinski definition) is 0. The molecule has 0 radical (unpaired) electrons. The Morgan fingerprint density at radius 1 is 1.14 bits per heavy atom. The molecule has 3 heterocycles. The van der Waals surface area contributed by atoms with Crippen LogP contribution in [-0.2, 0) is 6.54 Å². The summed E-state index contributed by atoms with van der Waals surface area (Å²) in [6.45, 7) is 8.75. The lowest BCUT2D eigenvalue weighted by Gasteiger charge is -2.38. The number of benzene rings is 1. The number of furan rings is 1. The van der Waals surface area contributed by atoms with Gasteiger partial charge in [-0.05, 0) is 40.3 Å². The van der Waals surface area contributed by atoms with Crippen LogP contribution in [0.5, 0.6) is 0 Å². The first-order valence-corrected chi connectivity index (χ1v) is 9.36. The normalized spacial score (nSPS) is 16.9. The molecule has 3 aromatic rings. The maximum absolute atomic E-state index is 13.5. The van der Waals surface area contributed by atoms with Gasteiger partial charge in [0.05, 0.1) is 12.3 Å². The lowest BCUT2D eigenvalue weighted by atomic mass is 10.0. The monoisotopic (exact) mass is 382 g/mol. The van der Waals surface area contributed by atoms with Crippen LogP contribution in [0.3, 0.4) is 0 Å². The van der Waals surface area contributed by atoms with Crippen molar-refractivity contribution in [3.05, 3.63) is 78.3 Å². The lowest BCUT2D eigenvalue weighted by molar-refractivity contribution is 0.112. The number of piperazine rings is 1. The summed E-state index contributed by atoms with van der Waals surface area (Å²) >= 11 is 0. The van der Waals surface area contributed by atoms with Gasteiger partial charge in [0.15, 0.2) is 5.82 Å². The number of halogens is 1. The second-order valence-corrected chi connectivity index (χ2v) is 6.85. The van der Waals surface area contributed by atoms with Crippen LogP contribution in [0.15, 0.2) is 59.7 Å². The molecule has 0 saturated carbocycles. The second kappa shape index (κ2) is 8.45. The zero-order valence-corrected chi connectivity index (χ0v) is 15.6. The third kappa shape index (κ3) is 4.02. The molecule has 1 fully saturated rings. The summed E-state index contributed by atoms with van der Waals surface area (Å²) in [7, 11) is 0. The van der Waals surface area contributed by atoms with Crippen LogP contribution >= 0.6 is 0 Å². The van der Waals surface area contributed by atoms with E-state index in [1.165, 1.54) is 12.1 Å². The van der Waals surface area contributed by atoms with Crippen LogP contribution in [0.2, 0.25) is 0 Å². The molecule has 1 atom stereocenters. The highest BCUT2D eigenvalue weighted by molar-refractivity contribution is 5.26. The SMILES string of the molecule is C=CCN1CCN([C@@H](c2ccc(F)cc2)c2nnnn2Cc2ccco2)CC1. The maximum Gasteiger partial charge on any atom is 0.173 e. The van der Waals surface area contributed by atoms with Crippen molar-refractivity contribution < 1.29 is 8.81 Å². The molecule has 0 unspecified atom stereocenters. The van der Waals surface area contributed by atoms with Crippen LogP contribution < -0.4 is 0 Å². The van der Waals surface area contributed by atoms with Crippen LogP contribution in [0.25, 0.3) is 0 Å². The molecule has 0 N–H and O–H groups in total. The van der Waals surface area contributed by atoms with E-state index in [1.807, 2.05) is 30.3 Å². The molecular weight excluding hydrogens is 359 g/mol. The molecule has 0 amide bonds. The van der Waals surface area contributed by atoms with E-state index >= 15 is 0 Å². The first kappa shape index (κ1) is 18.5. The average Bonchev–Trinajstić information content (AvgIpc) is 3.38. The number of aromatic nitrogens is 4. The molecule has 0 bridgehead atoms. The quantitative estimate of drug-likeness (QED) is 0.585. The molecule has 8 heteroatoms. The fourth-order valence-corrected chi connectivity index (χ4v) is 3.63. The van der Waals surface area contributed by atoms with Crippen molar-refractivity contribution >= 4 is 0 Å². The zero-order valence-electron chi connectivity index (χ0n) is 15.6. The van der Waals surface area contributed by atoms with E-state index < -0.39 is 0 Å². The van der Waals surface area contributed by atoms with Crippen molar-refractivity contribution in [3.63, 3.8) is 0 Å². The second-order valence-electron chi connectivity index (χ2n) is 6.85. The summed E-state index contributed by atoms with van der Waals surface area (Å²) in [5, 5.41) is 12.4.